The van der Waals surface area contributed by atoms with E-state index in [0.29, 0.717) is 11.3 Å². The van der Waals surface area contributed by atoms with Gasteiger partial charge in [-0.15, -0.1) is 0 Å². The van der Waals surface area contributed by atoms with E-state index in [1.54, 1.807) is 12.1 Å². The Labute approximate surface area is 170 Å². The van der Waals surface area contributed by atoms with E-state index < -0.39 is 0 Å². The molecule has 0 bridgehead atoms. The van der Waals surface area contributed by atoms with Crippen LogP contribution >= 0.6 is 0 Å². The molecule has 4 aromatic carbocycles. The minimum absolute atomic E-state index is 0.199. The number of rotatable bonds is 6. The SMILES string of the molecule is O=C(c1ccccc1)N(OC/C=C/c1cccc2ccccc12)c1ccccc1. The van der Waals surface area contributed by atoms with Gasteiger partial charge in [-0.1, -0.05) is 91.0 Å². The monoisotopic (exact) mass is 379 g/mol. The minimum Gasteiger partial charge on any atom is -0.266 e. The van der Waals surface area contributed by atoms with Gasteiger partial charge in [0.05, 0.1) is 12.3 Å². The number of carbonyl (C=O) groups excluding carboxylic acids is 1. The maximum atomic E-state index is 13.0. The van der Waals surface area contributed by atoms with Gasteiger partial charge in [0.25, 0.3) is 5.91 Å². The zero-order chi connectivity index (χ0) is 19.9. The van der Waals surface area contributed by atoms with Crippen molar-refractivity contribution >= 4 is 28.4 Å². The lowest BCUT2D eigenvalue weighted by Crippen LogP contribution is -2.31. The van der Waals surface area contributed by atoms with Crippen LogP contribution in [-0.2, 0) is 4.84 Å². The molecule has 0 aromatic heterocycles. The summed E-state index contributed by atoms with van der Waals surface area (Å²) < 4.78 is 0. The summed E-state index contributed by atoms with van der Waals surface area (Å²) in [4.78, 5) is 18.8. The first-order valence-electron chi connectivity index (χ1n) is 9.55. The van der Waals surface area contributed by atoms with E-state index in [1.165, 1.54) is 15.8 Å². The van der Waals surface area contributed by atoms with Crippen LogP contribution in [-0.4, -0.2) is 12.5 Å². The van der Waals surface area contributed by atoms with Gasteiger partial charge in [0.15, 0.2) is 0 Å². The molecule has 0 radical (unpaired) electrons. The van der Waals surface area contributed by atoms with Crippen molar-refractivity contribution in [2.45, 2.75) is 0 Å². The van der Waals surface area contributed by atoms with Gasteiger partial charge in [-0.3, -0.25) is 9.63 Å². The molecular formula is C26H21NO2. The number of carbonyl (C=O) groups is 1. The van der Waals surface area contributed by atoms with Crippen LogP contribution in [0.15, 0.2) is 109 Å². The number of fused-ring (bicyclic) bond motifs is 1. The van der Waals surface area contributed by atoms with Gasteiger partial charge in [0.2, 0.25) is 0 Å². The second-order valence-electron chi connectivity index (χ2n) is 6.57. The Bertz CT molecular complexity index is 1120. The lowest BCUT2D eigenvalue weighted by Gasteiger charge is -2.21. The molecule has 4 aromatic rings. The number of para-hydroxylation sites is 1. The van der Waals surface area contributed by atoms with Crippen LogP contribution in [0, 0.1) is 0 Å². The van der Waals surface area contributed by atoms with Crippen molar-refractivity contribution < 1.29 is 9.63 Å². The number of benzene rings is 4. The zero-order valence-corrected chi connectivity index (χ0v) is 15.9. The third kappa shape index (κ3) is 4.42. The van der Waals surface area contributed by atoms with Crippen molar-refractivity contribution in [2.24, 2.45) is 0 Å². The summed E-state index contributed by atoms with van der Waals surface area (Å²) in [7, 11) is 0. The van der Waals surface area contributed by atoms with Crippen LogP contribution in [0.2, 0.25) is 0 Å². The molecule has 0 N–H and O–H groups in total. The summed E-state index contributed by atoms with van der Waals surface area (Å²) in [5.41, 5.74) is 2.39. The fraction of sp³-hybridized carbons (Fsp3) is 0.0385. The van der Waals surface area contributed by atoms with Gasteiger partial charge in [-0.2, -0.15) is 5.06 Å². The van der Waals surface area contributed by atoms with Crippen molar-refractivity contribution in [1.29, 1.82) is 0 Å². The number of nitrogens with zero attached hydrogens (tertiary/aromatic N) is 1. The molecule has 0 aliphatic carbocycles. The first-order valence-corrected chi connectivity index (χ1v) is 9.55. The lowest BCUT2D eigenvalue weighted by molar-refractivity contribution is 0.0713. The molecule has 4 rings (SSSR count). The smallest absolute Gasteiger partial charge is 0.266 e. The number of amides is 1. The van der Waals surface area contributed by atoms with Gasteiger partial charge >= 0.3 is 0 Å². The quantitative estimate of drug-likeness (QED) is 0.377. The molecule has 0 unspecified atom stereocenters. The predicted molar refractivity (Wildman–Crippen MR) is 119 cm³/mol. The molecule has 0 saturated heterocycles. The summed E-state index contributed by atoms with van der Waals surface area (Å²) in [6.45, 7) is 0.274. The van der Waals surface area contributed by atoms with Crippen LogP contribution in [0.4, 0.5) is 5.69 Å². The molecule has 3 heteroatoms. The predicted octanol–water partition coefficient (Wildman–Crippen LogP) is 6.13. The van der Waals surface area contributed by atoms with E-state index >= 15 is 0 Å². The fourth-order valence-corrected chi connectivity index (χ4v) is 3.20. The third-order valence-corrected chi connectivity index (χ3v) is 4.62. The van der Waals surface area contributed by atoms with E-state index in [-0.39, 0.29) is 12.5 Å². The van der Waals surface area contributed by atoms with E-state index in [2.05, 4.69) is 24.3 Å². The maximum Gasteiger partial charge on any atom is 0.282 e. The molecule has 29 heavy (non-hydrogen) atoms. The first-order chi connectivity index (χ1) is 14.3. The number of hydrogen-bond acceptors (Lipinski definition) is 2. The van der Waals surface area contributed by atoms with Crippen LogP contribution in [0.25, 0.3) is 16.8 Å². The molecule has 0 spiro atoms. The van der Waals surface area contributed by atoms with Gasteiger partial charge < -0.3 is 0 Å². The van der Waals surface area contributed by atoms with Crippen molar-refractivity contribution in [3.63, 3.8) is 0 Å². The molecule has 0 fully saturated rings. The Morgan fingerprint density at radius 1 is 0.759 bits per heavy atom. The molecule has 0 heterocycles. The van der Waals surface area contributed by atoms with E-state index in [0.717, 1.165) is 5.56 Å². The Morgan fingerprint density at radius 3 is 2.21 bits per heavy atom. The van der Waals surface area contributed by atoms with Crippen molar-refractivity contribution in [3.8, 4) is 0 Å². The second kappa shape index (κ2) is 9.00. The molecule has 0 aliphatic heterocycles. The molecular weight excluding hydrogens is 358 g/mol. The Hall–Kier alpha value is -3.69. The highest BCUT2D eigenvalue weighted by atomic mass is 16.7. The minimum atomic E-state index is -0.199. The highest BCUT2D eigenvalue weighted by Crippen LogP contribution is 2.20. The number of hydrogen-bond donors (Lipinski definition) is 0. The fourth-order valence-electron chi connectivity index (χ4n) is 3.20. The van der Waals surface area contributed by atoms with Gasteiger partial charge in [-0.05, 0) is 40.6 Å². The summed E-state index contributed by atoms with van der Waals surface area (Å²) in [6.07, 6.45) is 3.95. The summed E-state index contributed by atoms with van der Waals surface area (Å²) in [5.74, 6) is -0.199. The summed E-state index contributed by atoms with van der Waals surface area (Å²) in [5, 5.41) is 3.73. The molecule has 142 valence electrons. The van der Waals surface area contributed by atoms with Crippen molar-refractivity contribution in [2.75, 3.05) is 11.7 Å². The van der Waals surface area contributed by atoms with Gasteiger partial charge in [-0.25, -0.2) is 0 Å². The van der Waals surface area contributed by atoms with Crippen molar-refractivity contribution in [3.05, 3.63) is 120 Å². The Kier molecular flexibility index (Phi) is 5.79. The van der Waals surface area contributed by atoms with E-state index in [1.807, 2.05) is 78.9 Å². The average molecular weight is 379 g/mol. The van der Waals surface area contributed by atoms with Crippen LogP contribution in [0.1, 0.15) is 15.9 Å². The number of hydroxylamine groups is 1. The van der Waals surface area contributed by atoms with Gasteiger partial charge in [0, 0.05) is 5.56 Å². The van der Waals surface area contributed by atoms with E-state index in [4.69, 9.17) is 4.84 Å². The topological polar surface area (TPSA) is 29.5 Å². The lowest BCUT2D eigenvalue weighted by atomic mass is 10.0. The van der Waals surface area contributed by atoms with Crippen LogP contribution in [0.5, 0.6) is 0 Å². The summed E-state index contributed by atoms with van der Waals surface area (Å²) in [6, 6.07) is 33.0. The van der Waals surface area contributed by atoms with Crippen molar-refractivity contribution in [1.82, 2.24) is 0 Å². The maximum absolute atomic E-state index is 13.0. The van der Waals surface area contributed by atoms with Crippen LogP contribution < -0.4 is 5.06 Å². The Morgan fingerprint density at radius 2 is 1.41 bits per heavy atom. The standard InChI is InChI=1S/C26H21NO2/c28-26(23-12-3-1-4-13-23)27(24-17-5-2-6-18-24)29-20-10-16-22-15-9-14-21-11-7-8-19-25(21)22/h1-19H,20H2/b16-10+. The summed E-state index contributed by atoms with van der Waals surface area (Å²) >= 11 is 0. The highest BCUT2D eigenvalue weighted by Gasteiger charge is 2.18. The molecule has 1 amide bonds. The first kappa shape index (κ1) is 18.7. The zero-order valence-electron chi connectivity index (χ0n) is 15.9. The Balaban J connectivity index is 1.52. The molecule has 3 nitrogen and oxygen atoms in total. The van der Waals surface area contributed by atoms with E-state index in [9.17, 15) is 4.79 Å². The normalized spacial score (nSPS) is 11.0. The van der Waals surface area contributed by atoms with Gasteiger partial charge in [0.1, 0.15) is 0 Å². The largest absolute Gasteiger partial charge is 0.282 e. The second-order valence-corrected chi connectivity index (χ2v) is 6.57. The third-order valence-electron chi connectivity index (χ3n) is 4.62. The molecule has 0 atom stereocenters. The highest BCUT2D eigenvalue weighted by molar-refractivity contribution is 6.04. The van der Waals surface area contributed by atoms with Crippen LogP contribution in [0.3, 0.4) is 0 Å². The average Bonchev–Trinajstić information content (AvgIpc) is 2.80. The number of anilines is 1. The molecule has 0 aliphatic rings. The molecule has 0 saturated carbocycles.